The molecule has 4 nitrogen and oxygen atoms in total. The van der Waals surface area contributed by atoms with Gasteiger partial charge in [0.25, 0.3) is 0 Å². The molecular weight excluding hydrogens is 324 g/mol. The summed E-state index contributed by atoms with van der Waals surface area (Å²) in [4.78, 5) is 16.2. The van der Waals surface area contributed by atoms with Crippen LogP contribution >= 0.6 is 11.6 Å². The molecule has 1 N–H and O–H groups in total. The number of carbonyl (C=O) groups excluding carboxylic acids is 1. The van der Waals surface area contributed by atoms with Crippen molar-refractivity contribution in [2.24, 2.45) is 0 Å². The molecule has 1 aromatic carbocycles. The Hall–Kier alpha value is -2.85. The van der Waals surface area contributed by atoms with E-state index >= 15 is 0 Å². The summed E-state index contributed by atoms with van der Waals surface area (Å²) in [5.41, 5.74) is 3.48. The van der Waals surface area contributed by atoms with Gasteiger partial charge in [-0.15, -0.1) is 0 Å². The van der Waals surface area contributed by atoms with Gasteiger partial charge in [-0.3, -0.25) is 9.78 Å². The van der Waals surface area contributed by atoms with Gasteiger partial charge in [-0.2, -0.15) is 0 Å². The third kappa shape index (κ3) is 4.12. The summed E-state index contributed by atoms with van der Waals surface area (Å²) in [5.74, 6) is -0.186. The molecule has 2 aromatic heterocycles. The predicted octanol–water partition coefficient (Wildman–Crippen LogP) is 4.32. The van der Waals surface area contributed by atoms with Crippen molar-refractivity contribution in [1.29, 1.82) is 0 Å². The summed E-state index contributed by atoms with van der Waals surface area (Å²) in [6.45, 7) is 0.407. The minimum atomic E-state index is -0.186. The van der Waals surface area contributed by atoms with Crippen LogP contribution in [0.15, 0.2) is 71.7 Å². The molecule has 24 heavy (non-hydrogen) atoms. The summed E-state index contributed by atoms with van der Waals surface area (Å²) in [6, 6.07) is 13.0. The first-order valence-corrected chi connectivity index (χ1v) is 7.78. The molecular formula is C19H15ClN2O2. The number of furan rings is 1. The van der Waals surface area contributed by atoms with E-state index in [-0.39, 0.29) is 5.91 Å². The van der Waals surface area contributed by atoms with E-state index in [1.807, 2.05) is 36.4 Å². The Bertz CT molecular complexity index is 840. The van der Waals surface area contributed by atoms with Crippen molar-refractivity contribution >= 4 is 23.6 Å². The molecule has 2 heterocycles. The third-order valence-corrected chi connectivity index (χ3v) is 3.77. The van der Waals surface area contributed by atoms with Crippen LogP contribution in [-0.2, 0) is 11.3 Å². The van der Waals surface area contributed by atoms with Crippen LogP contribution in [0.25, 0.3) is 17.3 Å². The zero-order valence-corrected chi connectivity index (χ0v) is 13.5. The molecule has 0 bridgehead atoms. The Morgan fingerprint density at radius 1 is 1.21 bits per heavy atom. The van der Waals surface area contributed by atoms with Crippen molar-refractivity contribution in [3.8, 4) is 11.3 Å². The van der Waals surface area contributed by atoms with Crippen molar-refractivity contribution < 1.29 is 9.21 Å². The van der Waals surface area contributed by atoms with E-state index in [0.717, 1.165) is 22.4 Å². The van der Waals surface area contributed by atoms with Gasteiger partial charge >= 0.3 is 0 Å². The maximum absolute atomic E-state index is 11.9. The van der Waals surface area contributed by atoms with Crippen molar-refractivity contribution in [2.45, 2.75) is 6.54 Å². The maximum Gasteiger partial charge on any atom is 0.244 e. The number of amides is 1. The van der Waals surface area contributed by atoms with E-state index in [1.54, 1.807) is 30.9 Å². The van der Waals surface area contributed by atoms with Gasteiger partial charge in [-0.05, 0) is 35.4 Å². The Morgan fingerprint density at radius 2 is 2.08 bits per heavy atom. The van der Waals surface area contributed by atoms with Crippen LogP contribution in [0.2, 0.25) is 5.02 Å². The number of nitrogens with zero attached hydrogens (tertiary/aromatic N) is 1. The lowest BCUT2D eigenvalue weighted by molar-refractivity contribution is -0.116. The zero-order chi connectivity index (χ0) is 16.8. The van der Waals surface area contributed by atoms with Gasteiger partial charge in [0.1, 0.15) is 0 Å². The molecule has 1 amide bonds. The van der Waals surface area contributed by atoms with Gasteiger partial charge in [-0.25, -0.2) is 0 Å². The van der Waals surface area contributed by atoms with Crippen molar-refractivity contribution in [1.82, 2.24) is 10.3 Å². The topological polar surface area (TPSA) is 55.1 Å². The molecule has 0 saturated carbocycles. The second-order valence-electron chi connectivity index (χ2n) is 5.14. The minimum Gasteiger partial charge on any atom is -0.472 e. The molecule has 3 rings (SSSR count). The molecule has 0 aliphatic heterocycles. The third-order valence-electron chi connectivity index (χ3n) is 3.43. The Morgan fingerprint density at radius 3 is 2.79 bits per heavy atom. The van der Waals surface area contributed by atoms with E-state index in [9.17, 15) is 4.79 Å². The summed E-state index contributed by atoms with van der Waals surface area (Å²) in [6.07, 6.45) is 8.15. The lowest BCUT2D eigenvalue weighted by atomic mass is 10.2. The normalized spacial score (nSPS) is 10.9. The molecule has 3 aromatic rings. The molecule has 0 aliphatic rings. The van der Waals surface area contributed by atoms with Gasteiger partial charge in [0.2, 0.25) is 5.91 Å². The van der Waals surface area contributed by atoms with Crippen LogP contribution in [0.4, 0.5) is 0 Å². The molecule has 120 valence electrons. The van der Waals surface area contributed by atoms with E-state index in [0.29, 0.717) is 11.6 Å². The Balaban J connectivity index is 1.55. The van der Waals surface area contributed by atoms with Crippen molar-refractivity contribution in [2.75, 3.05) is 0 Å². The Labute approximate surface area is 144 Å². The van der Waals surface area contributed by atoms with Crippen LogP contribution in [0.1, 0.15) is 11.1 Å². The summed E-state index contributed by atoms with van der Waals surface area (Å²) in [7, 11) is 0. The maximum atomic E-state index is 11.9. The van der Waals surface area contributed by atoms with Crippen LogP contribution in [0.3, 0.4) is 0 Å². The highest BCUT2D eigenvalue weighted by atomic mass is 35.5. The number of rotatable bonds is 5. The summed E-state index contributed by atoms with van der Waals surface area (Å²) in [5, 5.41) is 3.43. The number of pyridine rings is 1. The summed E-state index contributed by atoms with van der Waals surface area (Å²) >= 11 is 6.04. The predicted molar refractivity (Wildman–Crippen MR) is 94.3 cm³/mol. The van der Waals surface area contributed by atoms with Gasteiger partial charge < -0.3 is 9.73 Å². The number of carbonyl (C=O) groups is 1. The monoisotopic (exact) mass is 338 g/mol. The van der Waals surface area contributed by atoms with Crippen LogP contribution < -0.4 is 5.32 Å². The highest BCUT2D eigenvalue weighted by Gasteiger charge is 2.02. The number of halogens is 1. The SMILES string of the molecule is O=C(/C=C/c1ccccc1Cl)NCc1ccc(-c2ccoc2)nc1. The largest absolute Gasteiger partial charge is 0.472 e. The first kappa shape index (κ1) is 16.0. The molecule has 0 radical (unpaired) electrons. The standard InChI is InChI=1S/C19H15ClN2O2/c20-17-4-2-1-3-15(17)6-8-19(23)22-12-14-5-7-18(21-11-14)16-9-10-24-13-16/h1-11,13H,12H2,(H,22,23)/b8-6+. The number of hydrogen-bond acceptors (Lipinski definition) is 3. The quantitative estimate of drug-likeness (QED) is 0.705. The first-order valence-electron chi connectivity index (χ1n) is 7.40. The smallest absolute Gasteiger partial charge is 0.244 e. The second kappa shape index (κ2) is 7.62. The van der Waals surface area contributed by atoms with Gasteiger partial charge in [0, 0.05) is 29.4 Å². The first-order chi connectivity index (χ1) is 11.7. The Kier molecular flexibility index (Phi) is 5.08. The number of hydrogen-bond donors (Lipinski definition) is 1. The molecule has 0 atom stereocenters. The average Bonchev–Trinajstić information content (AvgIpc) is 3.14. The highest BCUT2D eigenvalue weighted by molar-refractivity contribution is 6.32. The highest BCUT2D eigenvalue weighted by Crippen LogP contribution is 2.17. The van der Waals surface area contributed by atoms with Gasteiger partial charge in [0.05, 0.1) is 18.2 Å². The van der Waals surface area contributed by atoms with Crippen LogP contribution in [0.5, 0.6) is 0 Å². The van der Waals surface area contributed by atoms with E-state index in [2.05, 4.69) is 10.3 Å². The van der Waals surface area contributed by atoms with E-state index in [4.69, 9.17) is 16.0 Å². The van der Waals surface area contributed by atoms with Crippen molar-refractivity contribution in [3.05, 3.63) is 83.4 Å². The van der Waals surface area contributed by atoms with E-state index in [1.165, 1.54) is 6.08 Å². The molecule has 0 fully saturated rings. The van der Waals surface area contributed by atoms with Crippen LogP contribution in [0, 0.1) is 0 Å². The fourth-order valence-electron chi connectivity index (χ4n) is 2.13. The fourth-order valence-corrected chi connectivity index (χ4v) is 2.33. The number of nitrogens with one attached hydrogen (secondary N) is 1. The second-order valence-corrected chi connectivity index (χ2v) is 5.54. The minimum absolute atomic E-state index is 0.186. The molecule has 0 saturated heterocycles. The zero-order valence-electron chi connectivity index (χ0n) is 12.8. The fraction of sp³-hybridized carbons (Fsp3) is 0.0526. The molecule has 0 spiro atoms. The van der Waals surface area contributed by atoms with Gasteiger partial charge in [0.15, 0.2) is 0 Å². The lowest BCUT2D eigenvalue weighted by Crippen LogP contribution is -2.20. The number of aromatic nitrogens is 1. The van der Waals surface area contributed by atoms with Gasteiger partial charge in [-0.1, -0.05) is 35.9 Å². The molecule has 0 aliphatic carbocycles. The number of benzene rings is 1. The lowest BCUT2D eigenvalue weighted by Gasteiger charge is -2.03. The molecule has 0 unspecified atom stereocenters. The van der Waals surface area contributed by atoms with Crippen LogP contribution in [-0.4, -0.2) is 10.9 Å². The summed E-state index contributed by atoms with van der Waals surface area (Å²) < 4.78 is 5.04. The average molecular weight is 339 g/mol. The van der Waals surface area contributed by atoms with Crippen molar-refractivity contribution in [3.63, 3.8) is 0 Å². The van der Waals surface area contributed by atoms with E-state index < -0.39 is 0 Å². The molecule has 5 heteroatoms.